The van der Waals surface area contributed by atoms with Crippen LogP contribution < -0.4 is 0 Å². The summed E-state index contributed by atoms with van der Waals surface area (Å²) in [6.45, 7) is 3.66. The number of amides is 1. The van der Waals surface area contributed by atoms with Crippen LogP contribution in [0.25, 0.3) is 10.9 Å². The molecule has 0 unspecified atom stereocenters. The summed E-state index contributed by atoms with van der Waals surface area (Å²) in [6.07, 6.45) is 5.88. The maximum atomic E-state index is 13.5. The van der Waals surface area contributed by atoms with Crippen LogP contribution in [0, 0.1) is 5.92 Å². The molecule has 2 aromatic heterocycles. The van der Waals surface area contributed by atoms with Gasteiger partial charge in [0.15, 0.2) is 0 Å². The van der Waals surface area contributed by atoms with Crippen molar-refractivity contribution in [3.05, 3.63) is 72.2 Å². The third-order valence-electron chi connectivity index (χ3n) is 6.04. The van der Waals surface area contributed by atoms with Crippen LogP contribution in [0.3, 0.4) is 0 Å². The molecule has 0 saturated carbocycles. The molecule has 1 amide bonds. The van der Waals surface area contributed by atoms with Gasteiger partial charge in [0.25, 0.3) is 5.91 Å². The molecule has 3 saturated heterocycles. The maximum absolute atomic E-state index is 13.5. The molecule has 5 heterocycles. The van der Waals surface area contributed by atoms with Gasteiger partial charge in [0.1, 0.15) is 0 Å². The van der Waals surface area contributed by atoms with E-state index in [2.05, 4.69) is 25.8 Å². The lowest BCUT2D eigenvalue weighted by Gasteiger charge is -2.36. The lowest BCUT2D eigenvalue weighted by molar-refractivity contribution is 0.0587. The fourth-order valence-corrected chi connectivity index (χ4v) is 4.71. The van der Waals surface area contributed by atoms with Crippen LogP contribution in [0.5, 0.6) is 0 Å². The van der Waals surface area contributed by atoms with Crippen LogP contribution >= 0.6 is 0 Å². The van der Waals surface area contributed by atoms with Crippen LogP contribution in [0.1, 0.15) is 28.9 Å². The minimum absolute atomic E-state index is 0.146. The minimum atomic E-state index is 0.146. The van der Waals surface area contributed by atoms with Crippen LogP contribution in [0.4, 0.5) is 0 Å². The number of hydrogen-bond acceptors (Lipinski definition) is 4. The molecule has 142 valence electrons. The molecule has 5 nitrogen and oxygen atoms in total. The molecule has 0 aliphatic carbocycles. The number of benzene rings is 1. The first-order chi connectivity index (χ1) is 13.8. The predicted molar refractivity (Wildman–Crippen MR) is 109 cm³/mol. The number of carbonyl (C=O) groups is 1. The second-order valence-electron chi connectivity index (χ2n) is 7.95. The van der Waals surface area contributed by atoms with Gasteiger partial charge < -0.3 is 4.90 Å². The number of piperidine rings is 1. The Morgan fingerprint density at radius 2 is 1.82 bits per heavy atom. The quantitative estimate of drug-likeness (QED) is 0.707. The smallest absolute Gasteiger partial charge is 0.254 e. The monoisotopic (exact) mass is 372 g/mol. The molecule has 0 N–H and O–H groups in total. The van der Waals surface area contributed by atoms with Crippen molar-refractivity contribution in [3.63, 3.8) is 0 Å². The van der Waals surface area contributed by atoms with Crippen LogP contribution in [0.15, 0.2) is 60.9 Å². The summed E-state index contributed by atoms with van der Waals surface area (Å²) in [5.41, 5.74) is 2.75. The number of pyridine rings is 2. The molecule has 28 heavy (non-hydrogen) atoms. The summed E-state index contributed by atoms with van der Waals surface area (Å²) in [6, 6.07) is 16.1. The van der Waals surface area contributed by atoms with E-state index < -0.39 is 0 Å². The largest absolute Gasteiger partial charge is 0.334 e. The van der Waals surface area contributed by atoms with Gasteiger partial charge in [-0.1, -0.05) is 24.3 Å². The summed E-state index contributed by atoms with van der Waals surface area (Å²) in [5, 5.41) is 0.945. The molecule has 1 aromatic carbocycles. The van der Waals surface area contributed by atoms with Gasteiger partial charge in [-0.05, 0) is 43.0 Å². The Hall–Kier alpha value is -2.79. The molecule has 3 aromatic rings. The highest BCUT2D eigenvalue weighted by Crippen LogP contribution is 2.31. The minimum Gasteiger partial charge on any atom is -0.334 e. The average molecular weight is 372 g/mol. The molecular formula is C23H24N4O. The highest BCUT2D eigenvalue weighted by atomic mass is 16.2. The summed E-state index contributed by atoms with van der Waals surface area (Å²) in [5.74, 6) is 0.674. The molecule has 0 radical (unpaired) electrons. The van der Waals surface area contributed by atoms with Crippen LogP contribution in [0.2, 0.25) is 0 Å². The fourth-order valence-electron chi connectivity index (χ4n) is 4.71. The Balaban J connectivity index is 1.40. The zero-order valence-corrected chi connectivity index (χ0v) is 15.9. The van der Waals surface area contributed by atoms with Crippen molar-refractivity contribution < 1.29 is 4.79 Å². The number of para-hydroxylation sites is 1. The third kappa shape index (κ3) is 3.27. The van der Waals surface area contributed by atoms with Crippen molar-refractivity contribution in [1.82, 2.24) is 19.8 Å². The Labute approximate surface area is 165 Å². The van der Waals surface area contributed by atoms with E-state index in [4.69, 9.17) is 0 Å². The highest BCUT2D eigenvalue weighted by Gasteiger charge is 2.37. The van der Waals surface area contributed by atoms with E-state index >= 15 is 0 Å². The molecular weight excluding hydrogens is 348 g/mol. The molecule has 5 heteroatoms. The Kier molecular flexibility index (Phi) is 4.53. The number of fused-ring (bicyclic) bond motifs is 5. The predicted octanol–water partition coefficient (Wildman–Crippen LogP) is 3.37. The number of rotatable bonds is 3. The van der Waals surface area contributed by atoms with Gasteiger partial charge in [-0.3, -0.25) is 19.7 Å². The van der Waals surface area contributed by atoms with E-state index in [0.29, 0.717) is 5.92 Å². The zero-order chi connectivity index (χ0) is 18.9. The van der Waals surface area contributed by atoms with Gasteiger partial charge in [-0.2, -0.15) is 0 Å². The van der Waals surface area contributed by atoms with Crippen molar-refractivity contribution in [2.24, 2.45) is 5.92 Å². The Bertz CT molecular complexity index is 985. The fraction of sp³-hybridized carbons (Fsp3) is 0.348. The summed E-state index contributed by atoms with van der Waals surface area (Å²) in [7, 11) is 0. The first-order valence-corrected chi connectivity index (χ1v) is 10.0. The lowest BCUT2D eigenvalue weighted by Crippen LogP contribution is -2.47. The molecule has 6 rings (SSSR count). The standard InChI is InChI=1S/C23H24N4O/c28-23(21-10-12-25-22-7-2-1-6-20(21)22)27-14-17-8-9-19(27)16-26(13-17)15-18-5-3-4-11-24-18/h1-7,10-12,17,19H,8-9,13-16H2/t17-,19+/m0/s1. The normalized spacial score (nSPS) is 22.4. The Morgan fingerprint density at radius 1 is 0.929 bits per heavy atom. The maximum Gasteiger partial charge on any atom is 0.254 e. The molecule has 2 atom stereocenters. The van der Waals surface area contributed by atoms with Gasteiger partial charge in [-0.25, -0.2) is 0 Å². The van der Waals surface area contributed by atoms with Crippen LogP contribution in [-0.2, 0) is 6.54 Å². The van der Waals surface area contributed by atoms with E-state index in [-0.39, 0.29) is 11.9 Å². The Morgan fingerprint density at radius 3 is 2.71 bits per heavy atom. The second-order valence-corrected chi connectivity index (χ2v) is 7.95. The first kappa shape index (κ1) is 17.3. The van der Waals surface area contributed by atoms with Gasteiger partial charge in [0.2, 0.25) is 0 Å². The average Bonchev–Trinajstić information content (AvgIpc) is 3.04. The van der Waals surface area contributed by atoms with Gasteiger partial charge in [-0.15, -0.1) is 0 Å². The topological polar surface area (TPSA) is 49.3 Å². The van der Waals surface area contributed by atoms with Crippen molar-refractivity contribution in [3.8, 4) is 0 Å². The SMILES string of the molecule is O=C(c1ccnc2ccccc12)N1C[C@H]2CC[C@@H]1CN(Cc1ccccn1)C2. The highest BCUT2D eigenvalue weighted by molar-refractivity contribution is 6.06. The summed E-state index contributed by atoms with van der Waals surface area (Å²) in [4.78, 5) is 27.0. The molecule has 2 bridgehead atoms. The van der Waals surface area contributed by atoms with Gasteiger partial charge >= 0.3 is 0 Å². The van der Waals surface area contributed by atoms with Crippen molar-refractivity contribution in [1.29, 1.82) is 0 Å². The van der Waals surface area contributed by atoms with E-state index in [1.165, 1.54) is 6.42 Å². The van der Waals surface area contributed by atoms with Crippen molar-refractivity contribution in [2.75, 3.05) is 19.6 Å². The van der Waals surface area contributed by atoms with Crippen molar-refractivity contribution in [2.45, 2.75) is 25.4 Å². The molecule has 0 spiro atoms. The van der Waals surface area contributed by atoms with Gasteiger partial charge in [0, 0.05) is 50.0 Å². The zero-order valence-electron chi connectivity index (χ0n) is 15.9. The molecule has 3 aliphatic rings. The lowest BCUT2D eigenvalue weighted by atomic mass is 9.94. The summed E-state index contributed by atoms with van der Waals surface area (Å²) < 4.78 is 0. The van der Waals surface area contributed by atoms with Crippen LogP contribution in [-0.4, -0.2) is 51.4 Å². The number of nitrogens with zero attached hydrogens (tertiary/aromatic N) is 4. The number of aromatic nitrogens is 2. The number of carbonyl (C=O) groups excluding carboxylic acids is 1. The summed E-state index contributed by atoms with van der Waals surface area (Å²) >= 11 is 0. The third-order valence-corrected chi connectivity index (χ3v) is 6.04. The van der Waals surface area contributed by atoms with E-state index in [1.807, 2.05) is 48.7 Å². The second kappa shape index (κ2) is 7.32. The van der Waals surface area contributed by atoms with Crippen molar-refractivity contribution >= 4 is 16.8 Å². The van der Waals surface area contributed by atoms with Gasteiger partial charge in [0.05, 0.1) is 16.8 Å². The first-order valence-electron chi connectivity index (χ1n) is 10.0. The molecule has 3 aliphatic heterocycles. The van der Waals surface area contributed by atoms with E-state index in [0.717, 1.165) is 54.8 Å². The van der Waals surface area contributed by atoms with E-state index in [1.54, 1.807) is 6.20 Å². The molecule has 3 fully saturated rings. The van der Waals surface area contributed by atoms with E-state index in [9.17, 15) is 4.79 Å². The number of hydrogen-bond donors (Lipinski definition) is 0.